The van der Waals surface area contributed by atoms with E-state index in [1.165, 1.54) is 0 Å². The zero-order valence-corrected chi connectivity index (χ0v) is 15.9. The second-order valence-corrected chi connectivity index (χ2v) is 7.37. The zero-order valence-electron chi connectivity index (χ0n) is 15.9. The first-order valence-corrected chi connectivity index (χ1v) is 9.18. The van der Waals surface area contributed by atoms with Crippen molar-refractivity contribution in [1.29, 1.82) is 0 Å². The first kappa shape index (κ1) is 19.9. The van der Waals surface area contributed by atoms with Gasteiger partial charge in [0, 0.05) is 31.6 Å². The molecule has 1 saturated carbocycles. The summed E-state index contributed by atoms with van der Waals surface area (Å²) in [6, 6.07) is 10.1. The average molecular weight is 348 g/mol. The molecular formula is C20H32N2O3. The van der Waals surface area contributed by atoms with E-state index in [2.05, 4.69) is 17.4 Å². The summed E-state index contributed by atoms with van der Waals surface area (Å²) < 4.78 is 11.5. The maximum Gasteiger partial charge on any atom is 0.240 e. The molecule has 1 aromatic rings. The number of carbonyl (C=O) groups is 1. The van der Waals surface area contributed by atoms with Crippen LogP contribution in [0.2, 0.25) is 0 Å². The van der Waals surface area contributed by atoms with Crippen LogP contribution in [0.5, 0.6) is 0 Å². The Balaban J connectivity index is 1.69. The van der Waals surface area contributed by atoms with Gasteiger partial charge in [-0.15, -0.1) is 0 Å². The number of ether oxygens (including phenoxy) is 2. The van der Waals surface area contributed by atoms with Crippen molar-refractivity contribution >= 4 is 5.91 Å². The Morgan fingerprint density at radius 2 is 2.04 bits per heavy atom. The predicted octanol–water partition coefficient (Wildman–Crippen LogP) is 2.80. The molecule has 0 saturated heterocycles. The fraction of sp³-hybridized carbons (Fsp3) is 0.650. The molecule has 25 heavy (non-hydrogen) atoms. The Morgan fingerprint density at radius 1 is 1.36 bits per heavy atom. The quantitative estimate of drug-likeness (QED) is 0.673. The minimum absolute atomic E-state index is 0.0447. The van der Waals surface area contributed by atoms with E-state index in [4.69, 9.17) is 15.2 Å². The van der Waals surface area contributed by atoms with Crippen LogP contribution in [0, 0.1) is 5.41 Å². The zero-order chi connectivity index (χ0) is 18.5. The molecule has 1 aliphatic rings. The van der Waals surface area contributed by atoms with E-state index >= 15 is 0 Å². The first-order valence-electron chi connectivity index (χ1n) is 9.18. The third-order valence-corrected chi connectivity index (χ3v) is 5.48. The van der Waals surface area contributed by atoms with Gasteiger partial charge in [0.2, 0.25) is 5.91 Å². The van der Waals surface area contributed by atoms with Crippen LogP contribution in [0.1, 0.15) is 52.2 Å². The van der Waals surface area contributed by atoms with E-state index in [0.717, 1.165) is 12.0 Å². The molecule has 3 unspecified atom stereocenters. The van der Waals surface area contributed by atoms with Gasteiger partial charge in [-0.3, -0.25) is 4.79 Å². The van der Waals surface area contributed by atoms with Gasteiger partial charge in [-0.05, 0) is 25.8 Å². The van der Waals surface area contributed by atoms with E-state index in [1.54, 1.807) is 0 Å². The topological polar surface area (TPSA) is 73.6 Å². The highest BCUT2D eigenvalue weighted by Gasteiger charge is 2.62. The van der Waals surface area contributed by atoms with E-state index in [-0.39, 0.29) is 23.5 Å². The molecule has 2 rings (SSSR count). The Morgan fingerprint density at radius 3 is 2.64 bits per heavy atom. The van der Waals surface area contributed by atoms with Crippen molar-refractivity contribution < 1.29 is 14.3 Å². The van der Waals surface area contributed by atoms with Crippen LogP contribution in [0.3, 0.4) is 0 Å². The lowest BCUT2D eigenvalue weighted by atomic mass is 9.54. The first-order chi connectivity index (χ1) is 11.8. The molecule has 5 heteroatoms. The molecule has 3 N–H and O–H groups in total. The number of carbonyl (C=O) groups excluding carboxylic acids is 1. The lowest BCUT2D eigenvalue weighted by Gasteiger charge is -2.57. The normalized spacial score (nSPS) is 25.9. The summed E-state index contributed by atoms with van der Waals surface area (Å²) in [5.41, 5.74) is 6.31. The summed E-state index contributed by atoms with van der Waals surface area (Å²) in [6.07, 6.45) is 1.42. The lowest BCUT2D eigenvalue weighted by molar-refractivity contribution is -0.170. The third kappa shape index (κ3) is 4.22. The second-order valence-electron chi connectivity index (χ2n) is 7.37. The van der Waals surface area contributed by atoms with E-state index in [1.807, 2.05) is 45.9 Å². The van der Waals surface area contributed by atoms with Crippen molar-refractivity contribution in [1.82, 2.24) is 5.32 Å². The van der Waals surface area contributed by atoms with Gasteiger partial charge in [0.25, 0.3) is 0 Å². The Hall–Kier alpha value is -1.43. The number of nitrogens with one attached hydrogen (secondary N) is 1. The SMILES string of the molecule is CCOC1CC(N)(C(=O)NCCCOC(C)c2ccccc2)C1(C)C. The highest BCUT2D eigenvalue weighted by atomic mass is 16.5. The molecule has 1 amide bonds. The van der Waals surface area contributed by atoms with Crippen molar-refractivity contribution in [3.8, 4) is 0 Å². The lowest BCUT2D eigenvalue weighted by Crippen LogP contribution is -2.75. The van der Waals surface area contributed by atoms with Gasteiger partial charge in [-0.25, -0.2) is 0 Å². The number of benzene rings is 1. The molecule has 140 valence electrons. The van der Waals surface area contributed by atoms with Crippen LogP contribution < -0.4 is 11.1 Å². The molecule has 0 bridgehead atoms. The Kier molecular flexibility index (Phi) is 6.60. The average Bonchev–Trinajstić information content (AvgIpc) is 2.61. The van der Waals surface area contributed by atoms with E-state index in [9.17, 15) is 4.79 Å². The second kappa shape index (κ2) is 8.30. The number of hydrogen-bond acceptors (Lipinski definition) is 4. The van der Waals surface area contributed by atoms with Crippen molar-refractivity contribution in [3.63, 3.8) is 0 Å². The number of amides is 1. The van der Waals surface area contributed by atoms with Gasteiger partial charge in [0.15, 0.2) is 0 Å². The summed E-state index contributed by atoms with van der Waals surface area (Å²) in [7, 11) is 0. The highest BCUT2D eigenvalue weighted by Crippen LogP contribution is 2.49. The van der Waals surface area contributed by atoms with Crippen LogP contribution in [0.25, 0.3) is 0 Å². The summed E-state index contributed by atoms with van der Waals surface area (Å²) in [5.74, 6) is -0.0930. The van der Waals surface area contributed by atoms with Crippen molar-refractivity contribution in [2.75, 3.05) is 19.8 Å². The van der Waals surface area contributed by atoms with Crippen LogP contribution in [-0.4, -0.2) is 37.3 Å². The number of nitrogens with two attached hydrogens (primary N) is 1. The van der Waals surface area contributed by atoms with Crippen LogP contribution >= 0.6 is 0 Å². The van der Waals surface area contributed by atoms with E-state index < -0.39 is 5.54 Å². The minimum Gasteiger partial charge on any atom is -0.378 e. The summed E-state index contributed by atoms with van der Waals surface area (Å²) in [4.78, 5) is 12.5. The van der Waals surface area contributed by atoms with Crippen molar-refractivity contribution in [2.24, 2.45) is 11.1 Å². The van der Waals surface area contributed by atoms with Crippen LogP contribution in [-0.2, 0) is 14.3 Å². The third-order valence-electron chi connectivity index (χ3n) is 5.48. The Bertz CT molecular complexity index is 561. The van der Waals surface area contributed by atoms with Gasteiger partial charge in [-0.2, -0.15) is 0 Å². The molecular weight excluding hydrogens is 316 g/mol. The standard InChI is InChI=1S/C20H32N2O3/c1-5-24-17-14-20(21,19(17,3)4)18(23)22-12-9-13-25-15(2)16-10-7-6-8-11-16/h6-8,10-11,15,17H,5,9,12-14,21H2,1-4H3,(H,22,23). The molecule has 3 atom stereocenters. The predicted molar refractivity (Wildman–Crippen MR) is 99.2 cm³/mol. The molecule has 1 aliphatic carbocycles. The van der Waals surface area contributed by atoms with Gasteiger partial charge < -0.3 is 20.5 Å². The number of rotatable bonds is 9. The highest BCUT2D eigenvalue weighted by molar-refractivity contribution is 5.88. The van der Waals surface area contributed by atoms with Gasteiger partial charge in [0.05, 0.1) is 12.2 Å². The van der Waals surface area contributed by atoms with E-state index in [0.29, 0.717) is 26.2 Å². The maximum absolute atomic E-state index is 12.5. The fourth-order valence-electron chi connectivity index (χ4n) is 3.33. The molecule has 1 aromatic carbocycles. The van der Waals surface area contributed by atoms with Crippen molar-refractivity contribution in [3.05, 3.63) is 35.9 Å². The smallest absolute Gasteiger partial charge is 0.240 e. The molecule has 0 aromatic heterocycles. The Labute approximate surface area is 151 Å². The summed E-state index contributed by atoms with van der Waals surface area (Å²) >= 11 is 0. The molecule has 5 nitrogen and oxygen atoms in total. The molecule has 0 radical (unpaired) electrons. The molecule has 0 aliphatic heterocycles. The minimum atomic E-state index is -0.856. The monoisotopic (exact) mass is 348 g/mol. The molecule has 0 heterocycles. The van der Waals surface area contributed by atoms with Gasteiger partial charge in [0.1, 0.15) is 5.54 Å². The number of hydrogen-bond donors (Lipinski definition) is 2. The van der Waals surface area contributed by atoms with Crippen LogP contribution in [0.15, 0.2) is 30.3 Å². The molecule has 0 spiro atoms. The van der Waals surface area contributed by atoms with Gasteiger partial charge in [-0.1, -0.05) is 44.2 Å². The fourth-order valence-corrected chi connectivity index (χ4v) is 3.33. The summed E-state index contributed by atoms with van der Waals surface area (Å²) in [5, 5.41) is 2.96. The van der Waals surface area contributed by atoms with Crippen LogP contribution in [0.4, 0.5) is 0 Å². The largest absolute Gasteiger partial charge is 0.378 e. The summed E-state index contributed by atoms with van der Waals surface area (Å²) in [6.45, 7) is 9.80. The van der Waals surface area contributed by atoms with Crippen molar-refractivity contribution in [2.45, 2.75) is 58.3 Å². The molecule has 1 fully saturated rings. The van der Waals surface area contributed by atoms with Gasteiger partial charge >= 0.3 is 0 Å². The maximum atomic E-state index is 12.5.